The molecule has 3 nitrogen and oxygen atoms in total. The van der Waals surface area contributed by atoms with Crippen LogP contribution in [-0.4, -0.2) is 15.5 Å². The van der Waals surface area contributed by atoms with Gasteiger partial charge in [-0.3, -0.25) is 0 Å². The molecular formula is C10H15NO2S. The molecule has 0 heterocycles. The van der Waals surface area contributed by atoms with Gasteiger partial charge in [-0.2, -0.15) is 0 Å². The summed E-state index contributed by atoms with van der Waals surface area (Å²) in [6.07, 6.45) is 0.922. The summed E-state index contributed by atoms with van der Waals surface area (Å²) >= 11 is 0. The molecule has 0 atom stereocenters. The molecule has 0 amide bonds. The molecular weight excluding hydrogens is 198 g/mol. The lowest BCUT2D eigenvalue weighted by molar-refractivity contribution is 0.588. The first-order valence-electron chi connectivity index (χ1n) is 4.54. The predicted molar refractivity (Wildman–Crippen MR) is 56.8 cm³/mol. The van der Waals surface area contributed by atoms with E-state index >= 15 is 0 Å². The summed E-state index contributed by atoms with van der Waals surface area (Å²) in [4.78, 5) is 0.328. The first kappa shape index (κ1) is 11.2. The number of hydrogen-bond acceptors (Lipinski definition) is 2. The maximum atomic E-state index is 11.4. The van der Waals surface area contributed by atoms with Crippen LogP contribution < -0.4 is 4.72 Å². The van der Waals surface area contributed by atoms with Crippen molar-refractivity contribution in [2.45, 2.75) is 25.2 Å². The summed E-state index contributed by atoms with van der Waals surface area (Å²) in [5.74, 6) is 0. The topological polar surface area (TPSA) is 46.2 Å². The number of nitrogens with one attached hydrogen (secondary N) is 1. The highest BCUT2D eigenvalue weighted by molar-refractivity contribution is 7.89. The fraction of sp³-hybridized carbons (Fsp3) is 0.400. The molecule has 0 aliphatic rings. The van der Waals surface area contributed by atoms with Gasteiger partial charge >= 0.3 is 0 Å². The molecule has 0 aliphatic carbocycles. The molecule has 78 valence electrons. The summed E-state index contributed by atoms with van der Waals surface area (Å²) in [5.41, 5.74) is 2.20. The van der Waals surface area contributed by atoms with E-state index in [1.165, 1.54) is 12.6 Å². The number of aryl methyl sites for hydroxylation is 2. The third-order valence-corrected chi connectivity index (χ3v) is 3.69. The fourth-order valence-electron chi connectivity index (χ4n) is 1.35. The van der Waals surface area contributed by atoms with Crippen LogP contribution in [0.2, 0.25) is 0 Å². The van der Waals surface area contributed by atoms with Gasteiger partial charge < -0.3 is 0 Å². The van der Waals surface area contributed by atoms with Crippen LogP contribution >= 0.6 is 0 Å². The SMILES string of the molecule is CCc1ccc(S(=O)(=O)NC)cc1C. The van der Waals surface area contributed by atoms with E-state index in [1.54, 1.807) is 12.1 Å². The third kappa shape index (κ3) is 2.13. The zero-order valence-electron chi connectivity index (χ0n) is 8.66. The molecule has 1 aromatic rings. The molecule has 0 radical (unpaired) electrons. The minimum absolute atomic E-state index is 0.328. The molecule has 0 saturated heterocycles. The van der Waals surface area contributed by atoms with Crippen molar-refractivity contribution < 1.29 is 8.42 Å². The predicted octanol–water partition coefficient (Wildman–Crippen LogP) is 1.47. The van der Waals surface area contributed by atoms with Crippen LogP contribution in [0.4, 0.5) is 0 Å². The molecule has 0 aliphatic heterocycles. The Morgan fingerprint density at radius 2 is 2.00 bits per heavy atom. The number of benzene rings is 1. The van der Waals surface area contributed by atoms with Crippen LogP contribution in [0, 0.1) is 6.92 Å². The lowest BCUT2D eigenvalue weighted by Crippen LogP contribution is -2.18. The summed E-state index contributed by atoms with van der Waals surface area (Å²) < 4.78 is 25.2. The standard InChI is InChI=1S/C10H15NO2S/c1-4-9-5-6-10(7-8(9)2)14(12,13)11-3/h5-7,11H,4H2,1-3H3. The molecule has 0 aromatic heterocycles. The highest BCUT2D eigenvalue weighted by Crippen LogP contribution is 2.15. The molecule has 0 unspecified atom stereocenters. The fourth-order valence-corrected chi connectivity index (χ4v) is 2.16. The third-order valence-electron chi connectivity index (χ3n) is 2.27. The molecule has 4 heteroatoms. The largest absolute Gasteiger partial charge is 0.240 e. The van der Waals surface area contributed by atoms with Crippen molar-refractivity contribution in [3.63, 3.8) is 0 Å². The van der Waals surface area contributed by atoms with Crippen LogP contribution in [-0.2, 0) is 16.4 Å². The molecule has 1 rings (SSSR count). The molecule has 0 fully saturated rings. The summed E-state index contributed by atoms with van der Waals surface area (Å²) in [6, 6.07) is 5.20. The smallest absolute Gasteiger partial charge is 0.214 e. The number of sulfonamides is 1. The van der Waals surface area contributed by atoms with Crippen LogP contribution in [0.15, 0.2) is 23.1 Å². The van der Waals surface area contributed by atoms with E-state index in [9.17, 15) is 8.42 Å². The van der Waals surface area contributed by atoms with E-state index in [0.717, 1.165) is 12.0 Å². The van der Waals surface area contributed by atoms with E-state index in [1.807, 2.05) is 13.0 Å². The Morgan fingerprint density at radius 1 is 1.36 bits per heavy atom. The Balaban J connectivity index is 3.22. The molecule has 0 spiro atoms. The Hall–Kier alpha value is -0.870. The van der Waals surface area contributed by atoms with Gasteiger partial charge in [-0.15, -0.1) is 0 Å². The van der Waals surface area contributed by atoms with Gasteiger partial charge in [0.1, 0.15) is 0 Å². The Bertz CT molecular complexity index is 424. The van der Waals surface area contributed by atoms with Gasteiger partial charge in [0.15, 0.2) is 0 Å². The Kier molecular flexibility index (Phi) is 3.29. The summed E-state index contributed by atoms with van der Waals surface area (Å²) in [5, 5.41) is 0. The van der Waals surface area contributed by atoms with E-state index in [2.05, 4.69) is 11.6 Å². The first-order chi connectivity index (χ1) is 6.51. The van der Waals surface area contributed by atoms with Gasteiger partial charge in [-0.05, 0) is 43.7 Å². The second-order valence-electron chi connectivity index (χ2n) is 3.15. The van der Waals surface area contributed by atoms with Gasteiger partial charge in [-0.1, -0.05) is 13.0 Å². The maximum Gasteiger partial charge on any atom is 0.240 e. The van der Waals surface area contributed by atoms with Crippen LogP contribution in [0.3, 0.4) is 0 Å². The van der Waals surface area contributed by atoms with Crippen molar-refractivity contribution in [2.75, 3.05) is 7.05 Å². The highest BCUT2D eigenvalue weighted by Gasteiger charge is 2.11. The minimum Gasteiger partial charge on any atom is -0.214 e. The minimum atomic E-state index is -3.30. The van der Waals surface area contributed by atoms with Gasteiger partial charge in [0.25, 0.3) is 0 Å². The summed E-state index contributed by atoms with van der Waals surface area (Å²) in [7, 11) is -1.88. The van der Waals surface area contributed by atoms with E-state index in [0.29, 0.717) is 4.90 Å². The molecule has 0 saturated carbocycles. The van der Waals surface area contributed by atoms with Crippen molar-refractivity contribution in [1.29, 1.82) is 0 Å². The Morgan fingerprint density at radius 3 is 2.43 bits per heavy atom. The van der Waals surface area contributed by atoms with Gasteiger partial charge in [0, 0.05) is 0 Å². The average Bonchev–Trinajstić information content (AvgIpc) is 2.17. The van der Waals surface area contributed by atoms with E-state index in [4.69, 9.17) is 0 Å². The zero-order valence-corrected chi connectivity index (χ0v) is 9.48. The van der Waals surface area contributed by atoms with E-state index in [-0.39, 0.29) is 0 Å². The summed E-state index contributed by atoms with van der Waals surface area (Å²) in [6.45, 7) is 3.97. The second-order valence-corrected chi connectivity index (χ2v) is 5.04. The highest BCUT2D eigenvalue weighted by atomic mass is 32.2. The molecule has 14 heavy (non-hydrogen) atoms. The zero-order chi connectivity index (χ0) is 10.8. The van der Waals surface area contributed by atoms with Gasteiger partial charge in [0.2, 0.25) is 10.0 Å². The first-order valence-corrected chi connectivity index (χ1v) is 6.02. The van der Waals surface area contributed by atoms with Crippen molar-refractivity contribution in [1.82, 2.24) is 4.72 Å². The molecule has 0 bridgehead atoms. The van der Waals surface area contributed by atoms with E-state index < -0.39 is 10.0 Å². The van der Waals surface area contributed by atoms with Crippen molar-refractivity contribution in [3.8, 4) is 0 Å². The number of hydrogen-bond donors (Lipinski definition) is 1. The quantitative estimate of drug-likeness (QED) is 0.826. The van der Waals surface area contributed by atoms with Crippen LogP contribution in [0.25, 0.3) is 0 Å². The Labute approximate surface area is 85.2 Å². The molecule has 1 N–H and O–H groups in total. The maximum absolute atomic E-state index is 11.4. The number of rotatable bonds is 3. The lowest BCUT2D eigenvalue weighted by Gasteiger charge is -2.06. The van der Waals surface area contributed by atoms with Gasteiger partial charge in [0.05, 0.1) is 4.90 Å². The lowest BCUT2D eigenvalue weighted by atomic mass is 10.1. The van der Waals surface area contributed by atoms with Crippen LogP contribution in [0.5, 0.6) is 0 Å². The monoisotopic (exact) mass is 213 g/mol. The average molecular weight is 213 g/mol. The normalized spacial score (nSPS) is 11.6. The van der Waals surface area contributed by atoms with Gasteiger partial charge in [-0.25, -0.2) is 13.1 Å². The van der Waals surface area contributed by atoms with Crippen LogP contribution in [0.1, 0.15) is 18.1 Å². The second kappa shape index (κ2) is 4.11. The van der Waals surface area contributed by atoms with Crippen molar-refractivity contribution in [3.05, 3.63) is 29.3 Å². The van der Waals surface area contributed by atoms with Crippen molar-refractivity contribution in [2.24, 2.45) is 0 Å². The van der Waals surface area contributed by atoms with Crippen molar-refractivity contribution >= 4 is 10.0 Å². The molecule has 1 aromatic carbocycles.